The van der Waals surface area contributed by atoms with E-state index in [1.807, 2.05) is 12.1 Å². The molecule has 4 nitrogen and oxygen atoms in total. The number of piperidine rings is 1. The quantitative estimate of drug-likeness (QED) is 0.773. The largest absolute Gasteiger partial charge is 0.497 e. The zero-order chi connectivity index (χ0) is 16.9. The average molecular weight is 367 g/mol. The standard InChI is InChI=1S/C20H30N2O2.ClH/c1-14(17-4-3-11-21-13-17)12-19(23)22-20(15-5-6-15)16-7-9-18(24-2)10-8-16;/h7-10,14-15,17,20-21H,3-6,11-13H2,1-2H3,(H,22,23);1H. The van der Waals surface area contributed by atoms with Gasteiger partial charge in [0, 0.05) is 6.42 Å². The van der Waals surface area contributed by atoms with Gasteiger partial charge in [0.15, 0.2) is 0 Å². The molecule has 1 aliphatic carbocycles. The Morgan fingerprint density at radius 3 is 2.52 bits per heavy atom. The smallest absolute Gasteiger partial charge is 0.220 e. The molecule has 1 saturated carbocycles. The van der Waals surface area contributed by atoms with Gasteiger partial charge in [-0.1, -0.05) is 19.1 Å². The molecule has 2 N–H and O–H groups in total. The van der Waals surface area contributed by atoms with Crippen molar-refractivity contribution < 1.29 is 9.53 Å². The van der Waals surface area contributed by atoms with Crippen LogP contribution in [0.4, 0.5) is 0 Å². The van der Waals surface area contributed by atoms with E-state index < -0.39 is 0 Å². The highest BCUT2D eigenvalue weighted by Gasteiger charge is 2.34. The Labute approximate surface area is 157 Å². The zero-order valence-corrected chi connectivity index (χ0v) is 16.1. The lowest BCUT2D eigenvalue weighted by atomic mass is 9.85. The Hall–Kier alpha value is -1.26. The van der Waals surface area contributed by atoms with E-state index in [2.05, 4.69) is 29.7 Å². The molecule has 0 bridgehead atoms. The minimum atomic E-state index is 0. The third-order valence-corrected chi connectivity index (χ3v) is 5.53. The van der Waals surface area contributed by atoms with Gasteiger partial charge in [0.25, 0.3) is 0 Å². The van der Waals surface area contributed by atoms with Crippen LogP contribution in [0.3, 0.4) is 0 Å². The molecular weight excluding hydrogens is 336 g/mol. The number of hydrogen-bond acceptors (Lipinski definition) is 3. The van der Waals surface area contributed by atoms with E-state index in [0.717, 1.165) is 18.8 Å². The summed E-state index contributed by atoms with van der Waals surface area (Å²) in [5.41, 5.74) is 1.19. The van der Waals surface area contributed by atoms with Crippen molar-refractivity contribution in [3.8, 4) is 5.75 Å². The highest BCUT2D eigenvalue weighted by atomic mass is 35.5. The van der Waals surface area contributed by atoms with Gasteiger partial charge in [-0.3, -0.25) is 4.79 Å². The molecule has 1 aromatic rings. The Morgan fingerprint density at radius 1 is 1.24 bits per heavy atom. The number of halogens is 1. The van der Waals surface area contributed by atoms with Gasteiger partial charge >= 0.3 is 0 Å². The summed E-state index contributed by atoms with van der Waals surface area (Å²) < 4.78 is 5.23. The van der Waals surface area contributed by atoms with Gasteiger partial charge in [-0.25, -0.2) is 0 Å². The number of carbonyl (C=O) groups excluding carboxylic acids is 1. The van der Waals surface area contributed by atoms with Crippen LogP contribution in [0, 0.1) is 17.8 Å². The van der Waals surface area contributed by atoms with E-state index >= 15 is 0 Å². The van der Waals surface area contributed by atoms with Crippen LogP contribution in [-0.2, 0) is 4.79 Å². The van der Waals surface area contributed by atoms with Crippen molar-refractivity contribution in [3.63, 3.8) is 0 Å². The predicted octanol–water partition coefficient (Wildman–Crippen LogP) is 3.71. The lowest BCUT2D eigenvalue weighted by molar-refractivity contribution is -0.123. The van der Waals surface area contributed by atoms with Crippen molar-refractivity contribution in [1.82, 2.24) is 10.6 Å². The van der Waals surface area contributed by atoms with Gasteiger partial charge in [0.05, 0.1) is 13.2 Å². The molecule has 0 radical (unpaired) electrons. The molecule has 0 spiro atoms. The normalized spacial score (nSPS) is 22.4. The van der Waals surface area contributed by atoms with Gasteiger partial charge in [-0.2, -0.15) is 0 Å². The zero-order valence-electron chi connectivity index (χ0n) is 15.3. The Kier molecular flexibility index (Phi) is 7.57. The maximum absolute atomic E-state index is 12.6. The van der Waals surface area contributed by atoms with Gasteiger partial charge in [0.1, 0.15) is 5.75 Å². The van der Waals surface area contributed by atoms with Gasteiger partial charge in [-0.05, 0) is 74.2 Å². The average Bonchev–Trinajstić information content (AvgIpc) is 3.45. The number of benzene rings is 1. The molecule has 2 fully saturated rings. The van der Waals surface area contributed by atoms with Gasteiger partial charge in [0.2, 0.25) is 5.91 Å². The Bertz CT molecular complexity index is 539. The van der Waals surface area contributed by atoms with Crippen LogP contribution in [0.15, 0.2) is 24.3 Å². The first-order valence-electron chi connectivity index (χ1n) is 9.31. The van der Waals surface area contributed by atoms with Crippen LogP contribution in [0.1, 0.15) is 50.6 Å². The molecule has 3 rings (SSSR count). The fourth-order valence-electron chi connectivity index (χ4n) is 3.77. The fourth-order valence-corrected chi connectivity index (χ4v) is 3.77. The number of nitrogens with one attached hydrogen (secondary N) is 2. The van der Waals surface area contributed by atoms with E-state index in [0.29, 0.717) is 24.2 Å². The molecule has 1 aliphatic heterocycles. The van der Waals surface area contributed by atoms with Gasteiger partial charge in [-0.15, -0.1) is 12.4 Å². The lowest BCUT2D eigenvalue weighted by Crippen LogP contribution is -2.36. The van der Waals surface area contributed by atoms with Crippen LogP contribution < -0.4 is 15.4 Å². The fraction of sp³-hybridized carbons (Fsp3) is 0.650. The van der Waals surface area contributed by atoms with E-state index in [1.165, 1.54) is 31.2 Å². The van der Waals surface area contributed by atoms with Crippen molar-refractivity contribution in [2.75, 3.05) is 20.2 Å². The molecule has 1 amide bonds. The third-order valence-electron chi connectivity index (χ3n) is 5.53. The molecule has 1 saturated heterocycles. The summed E-state index contributed by atoms with van der Waals surface area (Å²) in [5, 5.41) is 6.75. The van der Waals surface area contributed by atoms with Crippen LogP contribution in [-0.4, -0.2) is 26.1 Å². The van der Waals surface area contributed by atoms with Crippen molar-refractivity contribution in [2.45, 2.75) is 45.1 Å². The van der Waals surface area contributed by atoms with E-state index in [4.69, 9.17) is 4.74 Å². The Morgan fingerprint density at radius 2 is 1.96 bits per heavy atom. The summed E-state index contributed by atoms with van der Waals surface area (Å²) in [6.07, 6.45) is 5.52. The van der Waals surface area contributed by atoms with Crippen molar-refractivity contribution in [2.24, 2.45) is 17.8 Å². The first-order valence-corrected chi connectivity index (χ1v) is 9.31. The number of ether oxygens (including phenoxy) is 1. The monoisotopic (exact) mass is 366 g/mol. The molecule has 25 heavy (non-hydrogen) atoms. The van der Waals surface area contributed by atoms with E-state index in [1.54, 1.807) is 7.11 Å². The number of amides is 1. The summed E-state index contributed by atoms with van der Waals surface area (Å²) in [7, 11) is 1.68. The molecule has 1 heterocycles. The van der Waals surface area contributed by atoms with Crippen LogP contribution >= 0.6 is 12.4 Å². The molecule has 2 aliphatic rings. The summed E-state index contributed by atoms with van der Waals surface area (Å²) in [6, 6.07) is 8.27. The van der Waals surface area contributed by atoms with E-state index in [9.17, 15) is 4.79 Å². The second kappa shape index (κ2) is 9.44. The van der Waals surface area contributed by atoms with E-state index in [-0.39, 0.29) is 24.4 Å². The summed E-state index contributed by atoms with van der Waals surface area (Å²) in [4.78, 5) is 12.6. The van der Waals surface area contributed by atoms with Crippen LogP contribution in [0.25, 0.3) is 0 Å². The molecular formula is C20H31ClN2O2. The summed E-state index contributed by atoms with van der Waals surface area (Å²) in [6.45, 7) is 4.40. The molecule has 140 valence electrons. The predicted molar refractivity (Wildman–Crippen MR) is 103 cm³/mol. The van der Waals surface area contributed by atoms with Crippen molar-refractivity contribution in [1.29, 1.82) is 0 Å². The lowest BCUT2D eigenvalue weighted by Gasteiger charge is -2.28. The molecule has 3 unspecified atom stereocenters. The summed E-state index contributed by atoms with van der Waals surface area (Å²) in [5.74, 6) is 2.71. The first kappa shape index (κ1) is 20.1. The molecule has 3 atom stereocenters. The molecule has 0 aromatic heterocycles. The second-order valence-electron chi connectivity index (χ2n) is 7.44. The highest BCUT2D eigenvalue weighted by molar-refractivity contribution is 5.85. The van der Waals surface area contributed by atoms with Crippen LogP contribution in [0.2, 0.25) is 0 Å². The first-order chi connectivity index (χ1) is 11.7. The number of methoxy groups -OCH3 is 1. The highest BCUT2D eigenvalue weighted by Crippen LogP contribution is 2.41. The maximum Gasteiger partial charge on any atom is 0.220 e. The SMILES string of the molecule is COc1ccc(C(NC(=O)CC(C)C2CCCNC2)C2CC2)cc1.Cl. The number of rotatable bonds is 7. The minimum absolute atomic E-state index is 0. The summed E-state index contributed by atoms with van der Waals surface area (Å²) >= 11 is 0. The second-order valence-corrected chi connectivity index (χ2v) is 7.44. The van der Waals surface area contributed by atoms with Crippen molar-refractivity contribution in [3.05, 3.63) is 29.8 Å². The van der Waals surface area contributed by atoms with Gasteiger partial charge < -0.3 is 15.4 Å². The topological polar surface area (TPSA) is 50.4 Å². The maximum atomic E-state index is 12.6. The van der Waals surface area contributed by atoms with Crippen LogP contribution in [0.5, 0.6) is 5.75 Å². The Balaban J connectivity index is 0.00000225. The number of carbonyl (C=O) groups is 1. The minimum Gasteiger partial charge on any atom is -0.497 e. The molecule has 5 heteroatoms. The third kappa shape index (κ3) is 5.61. The number of hydrogen-bond donors (Lipinski definition) is 2. The van der Waals surface area contributed by atoms with Crippen molar-refractivity contribution >= 4 is 18.3 Å². The molecule has 1 aromatic carbocycles.